The van der Waals surface area contributed by atoms with Gasteiger partial charge in [0.15, 0.2) is 0 Å². The van der Waals surface area contributed by atoms with Crippen LogP contribution in [0.3, 0.4) is 0 Å². The molecular formula is C22H14N4O7. The minimum Gasteiger partial charge on any atom is -0.267 e. The van der Waals surface area contributed by atoms with E-state index in [0.29, 0.717) is 10.6 Å². The van der Waals surface area contributed by atoms with E-state index < -0.39 is 33.3 Å². The Kier molecular flexibility index (Phi) is 5.36. The second-order valence-electron chi connectivity index (χ2n) is 7.03. The molecule has 0 atom stereocenters. The van der Waals surface area contributed by atoms with Crippen molar-refractivity contribution < 1.29 is 24.2 Å². The number of rotatable bonds is 6. The van der Waals surface area contributed by atoms with Gasteiger partial charge in [-0.15, -0.1) is 0 Å². The molecule has 0 bridgehead atoms. The monoisotopic (exact) mass is 446 g/mol. The van der Waals surface area contributed by atoms with Crippen LogP contribution >= 0.6 is 0 Å². The fourth-order valence-corrected chi connectivity index (χ4v) is 3.48. The molecule has 0 aliphatic carbocycles. The van der Waals surface area contributed by atoms with E-state index in [1.807, 2.05) is 0 Å². The summed E-state index contributed by atoms with van der Waals surface area (Å²) in [4.78, 5) is 60.6. The predicted octanol–water partition coefficient (Wildman–Crippen LogP) is 3.36. The summed E-state index contributed by atoms with van der Waals surface area (Å²) >= 11 is 0. The molecule has 0 radical (unpaired) electrons. The van der Waals surface area contributed by atoms with E-state index in [4.69, 9.17) is 0 Å². The smallest absolute Gasteiger partial charge is 0.267 e. The fraction of sp³-hybridized carbons (Fsp3) is 0.0455. The van der Waals surface area contributed by atoms with Gasteiger partial charge < -0.3 is 0 Å². The van der Waals surface area contributed by atoms with E-state index in [9.17, 15) is 34.6 Å². The molecule has 1 aliphatic rings. The molecule has 1 heterocycles. The molecule has 3 aromatic carbocycles. The molecule has 164 valence electrons. The van der Waals surface area contributed by atoms with Gasteiger partial charge in [0.25, 0.3) is 29.1 Å². The van der Waals surface area contributed by atoms with Gasteiger partial charge in [0.2, 0.25) is 0 Å². The highest BCUT2D eigenvalue weighted by atomic mass is 16.6. The van der Waals surface area contributed by atoms with Crippen LogP contribution in [0.4, 0.5) is 11.4 Å². The molecule has 3 aromatic rings. The van der Waals surface area contributed by atoms with Crippen LogP contribution in [-0.4, -0.2) is 37.6 Å². The average Bonchev–Trinajstić information content (AvgIpc) is 3.07. The number of carbonyl (C=O) groups excluding carboxylic acids is 3. The van der Waals surface area contributed by atoms with Crippen LogP contribution in [0, 0.1) is 20.2 Å². The number of nitrogens with zero attached hydrogens (tertiary/aromatic N) is 4. The molecule has 0 aromatic heterocycles. The Morgan fingerprint density at radius 1 is 0.788 bits per heavy atom. The highest BCUT2D eigenvalue weighted by Crippen LogP contribution is 2.28. The molecule has 0 saturated heterocycles. The second-order valence-corrected chi connectivity index (χ2v) is 7.03. The van der Waals surface area contributed by atoms with Gasteiger partial charge in [0.05, 0.1) is 27.5 Å². The summed E-state index contributed by atoms with van der Waals surface area (Å²) in [5.41, 5.74) is -0.452. The first kappa shape index (κ1) is 21.3. The van der Waals surface area contributed by atoms with Crippen molar-refractivity contribution >= 4 is 29.1 Å². The van der Waals surface area contributed by atoms with Crippen LogP contribution in [0.5, 0.6) is 0 Å². The Labute approximate surface area is 185 Å². The van der Waals surface area contributed by atoms with Crippen molar-refractivity contribution in [1.82, 2.24) is 10.0 Å². The lowest BCUT2D eigenvalue weighted by Gasteiger charge is -2.30. The summed E-state index contributed by atoms with van der Waals surface area (Å²) in [5.74, 6) is -2.47. The molecule has 0 unspecified atom stereocenters. The first-order chi connectivity index (χ1) is 15.8. The summed E-state index contributed by atoms with van der Waals surface area (Å²) in [6, 6.07) is 16.4. The van der Waals surface area contributed by atoms with Crippen LogP contribution < -0.4 is 0 Å². The number of non-ortho nitro benzene ring substituents is 1. The van der Waals surface area contributed by atoms with Crippen LogP contribution in [0.1, 0.15) is 36.6 Å². The Balaban J connectivity index is 1.79. The molecule has 11 heteroatoms. The second kappa shape index (κ2) is 8.30. The molecule has 1 aliphatic heterocycles. The molecule has 11 nitrogen and oxygen atoms in total. The van der Waals surface area contributed by atoms with Crippen LogP contribution in [0.15, 0.2) is 72.8 Å². The van der Waals surface area contributed by atoms with Crippen LogP contribution in [-0.2, 0) is 6.54 Å². The minimum atomic E-state index is -0.949. The number of benzene rings is 3. The maximum absolute atomic E-state index is 13.4. The number of carbonyl (C=O) groups is 3. The van der Waals surface area contributed by atoms with E-state index >= 15 is 0 Å². The lowest BCUT2D eigenvalue weighted by Crippen LogP contribution is -2.49. The normalized spacial score (nSPS) is 12.4. The van der Waals surface area contributed by atoms with E-state index in [-0.39, 0.29) is 28.9 Å². The Morgan fingerprint density at radius 3 is 1.88 bits per heavy atom. The maximum atomic E-state index is 13.4. The molecule has 0 fully saturated rings. The number of nitro groups is 2. The number of hydrogen-bond donors (Lipinski definition) is 0. The standard InChI is InChI=1S/C22H14N4O7/c27-20(18-7-3-4-8-19(18)26(32)33)23(13-14-9-11-15(12-10-14)25(30)31)24-21(28)16-5-1-2-6-17(16)22(24)29/h1-12H,13H2. The van der Waals surface area contributed by atoms with E-state index in [1.54, 1.807) is 12.1 Å². The van der Waals surface area contributed by atoms with Crippen molar-refractivity contribution in [2.24, 2.45) is 0 Å². The fourth-order valence-electron chi connectivity index (χ4n) is 3.48. The zero-order chi connectivity index (χ0) is 23.7. The first-order valence-electron chi connectivity index (χ1n) is 9.56. The number of para-hydroxylation sites is 1. The van der Waals surface area contributed by atoms with Crippen molar-refractivity contribution in [2.45, 2.75) is 6.54 Å². The van der Waals surface area contributed by atoms with E-state index in [1.165, 1.54) is 54.6 Å². The van der Waals surface area contributed by atoms with Gasteiger partial charge in [-0.05, 0) is 23.8 Å². The van der Waals surface area contributed by atoms with Crippen LogP contribution in [0.25, 0.3) is 0 Å². The number of imide groups is 1. The first-order valence-corrected chi connectivity index (χ1v) is 9.56. The Morgan fingerprint density at radius 2 is 1.33 bits per heavy atom. The van der Waals surface area contributed by atoms with Gasteiger partial charge in [0.1, 0.15) is 5.56 Å². The Hall–Kier alpha value is -4.93. The number of nitro benzene ring substituents is 2. The lowest BCUT2D eigenvalue weighted by molar-refractivity contribution is -0.385. The van der Waals surface area contributed by atoms with Crippen molar-refractivity contribution in [3.05, 3.63) is 115 Å². The average molecular weight is 446 g/mol. The number of hydrogen-bond acceptors (Lipinski definition) is 7. The number of amides is 3. The lowest BCUT2D eigenvalue weighted by atomic mass is 10.1. The third kappa shape index (κ3) is 3.78. The molecular weight excluding hydrogens is 432 g/mol. The Bertz CT molecular complexity index is 1290. The van der Waals surface area contributed by atoms with Gasteiger partial charge in [-0.3, -0.25) is 34.6 Å². The summed E-state index contributed by atoms with van der Waals surface area (Å²) < 4.78 is 0. The topological polar surface area (TPSA) is 144 Å². The molecule has 3 amide bonds. The molecule has 0 spiro atoms. The van der Waals surface area contributed by atoms with Gasteiger partial charge >= 0.3 is 0 Å². The molecule has 0 N–H and O–H groups in total. The molecule has 0 saturated carbocycles. The molecule has 4 rings (SSSR count). The van der Waals surface area contributed by atoms with Gasteiger partial charge in [-0.2, -0.15) is 5.01 Å². The quantitative estimate of drug-likeness (QED) is 0.321. The van der Waals surface area contributed by atoms with Crippen molar-refractivity contribution in [1.29, 1.82) is 0 Å². The van der Waals surface area contributed by atoms with Gasteiger partial charge in [0, 0.05) is 18.2 Å². The summed E-state index contributed by atoms with van der Waals surface area (Å²) in [6.07, 6.45) is 0. The highest BCUT2D eigenvalue weighted by Gasteiger charge is 2.42. The highest BCUT2D eigenvalue weighted by molar-refractivity contribution is 6.22. The minimum absolute atomic E-state index is 0.0894. The van der Waals surface area contributed by atoms with Crippen molar-refractivity contribution in [3.8, 4) is 0 Å². The molecule has 33 heavy (non-hydrogen) atoms. The van der Waals surface area contributed by atoms with Crippen LogP contribution in [0.2, 0.25) is 0 Å². The van der Waals surface area contributed by atoms with Crippen molar-refractivity contribution in [2.75, 3.05) is 0 Å². The summed E-state index contributed by atoms with van der Waals surface area (Å²) in [7, 11) is 0. The predicted molar refractivity (Wildman–Crippen MR) is 113 cm³/mol. The largest absolute Gasteiger partial charge is 0.282 e. The van der Waals surface area contributed by atoms with Crippen molar-refractivity contribution in [3.63, 3.8) is 0 Å². The van der Waals surface area contributed by atoms with E-state index in [2.05, 4.69) is 0 Å². The number of fused-ring (bicyclic) bond motifs is 1. The zero-order valence-corrected chi connectivity index (χ0v) is 16.8. The summed E-state index contributed by atoms with van der Waals surface area (Å²) in [6.45, 7) is -0.339. The van der Waals surface area contributed by atoms with Gasteiger partial charge in [-0.1, -0.05) is 36.4 Å². The third-order valence-electron chi connectivity index (χ3n) is 5.06. The number of hydrazine groups is 1. The van der Waals surface area contributed by atoms with E-state index in [0.717, 1.165) is 11.1 Å². The zero-order valence-electron chi connectivity index (χ0n) is 16.8. The third-order valence-corrected chi connectivity index (χ3v) is 5.06. The SMILES string of the molecule is O=C(c1ccccc1[N+](=O)[O-])N(Cc1ccc([N+](=O)[O-])cc1)N1C(=O)c2ccccc2C1=O. The maximum Gasteiger partial charge on any atom is 0.282 e. The van der Waals surface area contributed by atoms with Gasteiger partial charge in [-0.25, -0.2) is 5.01 Å². The summed E-state index contributed by atoms with van der Waals surface area (Å²) in [5, 5.41) is 23.8.